The van der Waals surface area contributed by atoms with Gasteiger partial charge in [0.15, 0.2) is 0 Å². The SMILES string of the molecule is CC(C)(C)OC(=O)NC(C)(CCC(Cl)Cl)C(=O)O. The third-order valence-corrected chi connectivity index (χ3v) is 2.55. The summed E-state index contributed by atoms with van der Waals surface area (Å²) in [6.07, 6.45) is -0.422. The monoisotopic (exact) mass is 299 g/mol. The molecule has 0 saturated carbocycles. The maximum Gasteiger partial charge on any atom is 0.408 e. The number of ether oxygens (including phenoxy) is 1. The van der Waals surface area contributed by atoms with E-state index in [1.54, 1.807) is 20.8 Å². The van der Waals surface area contributed by atoms with Gasteiger partial charge in [-0.05, 0) is 40.5 Å². The molecule has 18 heavy (non-hydrogen) atoms. The van der Waals surface area contributed by atoms with Gasteiger partial charge in [-0.25, -0.2) is 9.59 Å². The van der Waals surface area contributed by atoms with Crippen LogP contribution in [0.25, 0.3) is 0 Å². The van der Waals surface area contributed by atoms with Gasteiger partial charge in [-0.2, -0.15) is 0 Å². The molecule has 1 atom stereocenters. The summed E-state index contributed by atoms with van der Waals surface area (Å²) in [6, 6.07) is 0. The van der Waals surface area contributed by atoms with E-state index >= 15 is 0 Å². The minimum atomic E-state index is -1.45. The lowest BCUT2D eigenvalue weighted by atomic mass is 9.96. The molecule has 106 valence electrons. The summed E-state index contributed by atoms with van der Waals surface area (Å²) >= 11 is 11.1. The summed E-state index contributed by atoms with van der Waals surface area (Å²) in [5.41, 5.74) is -2.14. The van der Waals surface area contributed by atoms with Crippen LogP contribution in [0.5, 0.6) is 0 Å². The fourth-order valence-corrected chi connectivity index (χ4v) is 1.37. The van der Waals surface area contributed by atoms with E-state index in [4.69, 9.17) is 33.0 Å². The van der Waals surface area contributed by atoms with Gasteiger partial charge in [-0.1, -0.05) is 0 Å². The second-order valence-corrected chi connectivity index (χ2v) is 6.47. The summed E-state index contributed by atoms with van der Waals surface area (Å²) in [5, 5.41) is 11.5. The Bertz CT molecular complexity index is 315. The number of carboxylic acids is 1. The first kappa shape index (κ1) is 17.3. The van der Waals surface area contributed by atoms with E-state index in [2.05, 4.69) is 5.32 Å². The molecule has 0 rings (SSSR count). The van der Waals surface area contributed by atoms with E-state index < -0.39 is 28.0 Å². The number of aliphatic carboxylic acids is 1. The first-order chi connectivity index (χ1) is 7.96. The number of halogens is 2. The summed E-state index contributed by atoms with van der Waals surface area (Å²) in [5.74, 6) is -1.16. The molecule has 0 fully saturated rings. The lowest BCUT2D eigenvalue weighted by Gasteiger charge is -2.28. The molecule has 0 heterocycles. The van der Waals surface area contributed by atoms with Gasteiger partial charge in [0.05, 0.1) is 0 Å². The number of rotatable bonds is 5. The zero-order valence-corrected chi connectivity index (χ0v) is 12.4. The number of nitrogens with one attached hydrogen (secondary N) is 1. The summed E-state index contributed by atoms with van der Waals surface area (Å²) in [7, 11) is 0. The van der Waals surface area contributed by atoms with Crippen LogP contribution in [0.3, 0.4) is 0 Å². The highest BCUT2D eigenvalue weighted by molar-refractivity contribution is 6.44. The standard InChI is InChI=1S/C11H19Cl2NO4/c1-10(2,3)18-9(17)14-11(4,8(15)16)6-5-7(12)13/h7H,5-6H2,1-4H3,(H,14,17)(H,15,16). The van der Waals surface area contributed by atoms with Crippen LogP contribution in [0.15, 0.2) is 0 Å². The van der Waals surface area contributed by atoms with Gasteiger partial charge in [-0.15, -0.1) is 23.2 Å². The van der Waals surface area contributed by atoms with Crippen molar-refractivity contribution in [3.8, 4) is 0 Å². The van der Waals surface area contributed by atoms with Crippen LogP contribution in [0.4, 0.5) is 4.79 Å². The van der Waals surface area contributed by atoms with Gasteiger partial charge in [0.1, 0.15) is 16.0 Å². The van der Waals surface area contributed by atoms with Crippen molar-refractivity contribution < 1.29 is 19.4 Å². The second-order valence-electron chi connectivity index (χ2n) is 5.19. The third-order valence-electron chi connectivity index (χ3n) is 2.11. The third kappa shape index (κ3) is 6.91. The van der Waals surface area contributed by atoms with Crippen molar-refractivity contribution in [2.24, 2.45) is 0 Å². The Balaban J connectivity index is 4.61. The lowest BCUT2D eigenvalue weighted by molar-refractivity contribution is -0.144. The summed E-state index contributed by atoms with van der Waals surface area (Å²) < 4.78 is 5.01. The number of carbonyl (C=O) groups is 2. The van der Waals surface area contributed by atoms with Crippen LogP contribution in [0.1, 0.15) is 40.5 Å². The molecule has 0 spiro atoms. The van der Waals surface area contributed by atoms with E-state index in [1.165, 1.54) is 6.92 Å². The number of alkyl carbamates (subject to hydrolysis) is 1. The molecule has 0 aliphatic heterocycles. The van der Waals surface area contributed by atoms with Crippen molar-refractivity contribution in [1.82, 2.24) is 5.32 Å². The minimum Gasteiger partial charge on any atom is -0.480 e. The average Bonchev–Trinajstić information content (AvgIpc) is 2.11. The van der Waals surface area contributed by atoms with E-state index in [9.17, 15) is 9.59 Å². The van der Waals surface area contributed by atoms with Crippen LogP contribution in [-0.2, 0) is 9.53 Å². The molecule has 0 aromatic rings. The van der Waals surface area contributed by atoms with Crippen molar-refractivity contribution in [3.05, 3.63) is 0 Å². The van der Waals surface area contributed by atoms with E-state index in [-0.39, 0.29) is 12.8 Å². The molecule has 0 aliphatic carbocycles. The minimum absolute atomic E-state index is 0.110. The number of carboxylic acid groups (broad SMARTS) is 1. The Labute approximate surface area is 117 Å². The molecular formula is C11H19Cl2NO4. The molecule has 5 nitrogen and oxygen atoms in total. The van der Waals surface area contributed by atoms with E-state index in [0.717, 1.165) is 0 Å². The zero-order chi connectivity index (χ0) is 14.6. The fraction of sp³-hybridized carbons (Fsp3) is 0.818. The molecule has 0 bridgehead atoms. The Morgan fingerprint density at radius 3 is 2.11 bits per heavy atom. The molecular weight excluding hydrogens is 281 g/mol. The normalized spacial score (nSPS) is 15.1. The van der Waals surface area contributed by atoms with E-state index in [1.807, 2.05) is 0 Å². The Morgan fingerprint density at radius 1 is 1.28 bits per heavy atom. The number of carbonyl (C=O) groups excluding carboxylic acids is 1. The van der Waals surface area contributed by atoms with Gasteiger partial charge in [-0.3, -0.25) is 0 Å². The largest absolute Gasteiger partial charge is 0.480 e. The van der Waals surface area contributed by atoms with Crippen LogP contribution >= 0.6 is 23.2 Å². The van der Waals surface area contributed by atoms with Crippen LogP contribution in [-0.4, -0.2) is 33.1 Å². The molecule has 0 aromatic carbocycles. The van der Waals surface area contributed by atoms with Gasteiger partial charge in [0.25, 0.3) is 0 Å². The maximum absolute atomic E-state index is 11.6. The van der Waals surface area contributed by atoms with Gasteiger partial charge in [0, 0.05) is 0 Å². The van der Waals surface area contributed by atoms with Gasteiger partial charge < -0.3 is 15.2 Å². The number of alkyl halides is 2. The lowest BCUT2D eigenvalue weighted by Crippen LogP contribution is -2.53. The van der Waals surface area contributed by atoms with Crippen molar-refractivity contribution >= 4 is 35.3 Å². The molecule has 0 aromatic heterocycles. The number of hydrogen-bond donors (Lipinski definition) is 2. The molecule has 0 aliphatic rings. The van der Waals surface area contributed by atoms with E-state index in [0.29, 0.717) is 0 Å². The average molecular weight is 300 g/mol. The zero-order valence-electron chi connectivity index (χ0n) is 10.9. The van der Waals surface area contributed by atoms with Crippen LogP contribution < -0.4 is 5.32 Å². The highest BCUT2D eigenvalue weighted by atomic mass is 35.5. The Kier molecular flexibility index (Phi) is 6.23. The first-order valence-corrected chi connectivity index (χ1v) is 6.36. The highest BCUT2D eigenvalue weighted by Crippen LogP contribution is 2.20. The van der Waals surface area contributed by atoms with Crippen molar-refractivity contribution in [3.63, 3.8) is 0 Å². The van der Waals surface area contributed by atoms with Crippen molar-refractivity contribution in [2.75, 3.05) is 0 Å². The van der Waals surface area contributed by atoms with Crippen molar-refractivity contribution in [2.45, 2.75) is 56.5 Å². The van der Waals surface area contributed by atoms with Crippen molar-refractivity contribution in [1.29, 1.82) is 0 Å². The van der Waals surface area contributed by atoms with Crippen LogP contribution in [0, 0.1) is 0 Å². The maximum atomic E-state index is 11.6. The van der Waals surface area contributed by atoms with Gasteiger partial charge >= 0.3 is 12.1 Å². The predicted molar refractivity (Wildman–Crippen MR) is 70.1 cm³/mol. The smallest absolute Gasteiger partial charge is 0.408 e. The Morgan fingerprint density at radius 2 is 1.78 bits per heavy atom. The molecule has 1 unspecified atom stereocenters. The van der Waals surface area contributed by atoms with Gasteiger partial charge in [0.2, 0.25) is 0 Å². The summed E-state index contributed by atoms with van der Waals surface area (Å²) in [6.45, 7) is 6.46. The molecule has 2 N–H and O–H groups in total. The Hall–Kier alpha value is -0.680. The summed E-state index contributed by atoms with van der Waals surface area (Å²) in [4.78, 5) is 22.1. The second kappa shape index (κ2) is 6.48. The topological polar surface area (TPSA) is 75.6 Å². The fourth-order valence-electron chi connectivity index (χ4n) is 1.15. The number of hydrogen-bond acceptors (Lipinski definition) is 3. The molecule has 0 saturated heterocycles. The molecule has 0 radical (unpaired) electrons. The molecule has 1 amide bonds. The predicted octanol–water partition coefficient (Wildman–Crippen LogP) is 2.94. The quantitative estimate of drug-likeness (QED) is 0.765. The first-order valence-electron chi connectivity index (χ1n) is 5.49. The van der Waals surface area contributed by atoms with Crippen LogP contribution in [0.2, 0.25) is 0 Å². The molecule has 7 heteroatoms. The number of amides is 1. The highest BCUT2D eigenvalue weighted by Gasteiger charge is 2.36.